The summed E-state index contributed by atoms with van der Waals surface area (Å²) in [5.74, 6) is 3.30. The van der Waals surface area contributed by atoms with Crippen LogP contribution in [0.2, 0.25) is 0 Å². The van der Waals surface area contributed by atoms with Gasteiger partial charge in [-0.15, -0.1) is 0 Å². The molecule has 1 aliphatic heterocycles. The third-order valence-corrected chi connectivity index (χ3v) is 6.09. The highest BCUT2D eigenvalue weighted by atomic mass is 16.2. The molecule has 104 valence electrons. The Labute approximate surface area is 113 Å². The van der Waals surface area contributed by atoms with Crippen LogP contribution in [0, 0.1) is 23.7 Å². The summed E-state index contributed by atoms with van der Waals surface area (Å²) in [5.41, 5.74) is 0. The van der Waals surface area contributed by atoms with Gasteiger partial charge in [-0.2, -0.15) is 0 Å². The van der Waals surface area contributed by atoms with Crippen molar-refractivity contribution in [3.05, 3.63) is 0 Å². The Morgan fingerprint density at radius 1 is 1.21 bits per heavy atom. The van der Waals surface area contributed by atoms with Crippen LogP contribution in [0.25, 0.3) is 0 Å². The van der Waals surface area contributed by atoms with E-state index in [0.29, 0.717) is 24.3 Å². The number of nitrogens with zero attached hydrogens (tertiary/aromatic N) is 1. The number of carbonyl (C=O) groups is 2. The minimum absolute atomic E-state index is 0.0313. The van der Waals surface area contributed by atoms with Crippen molar-refractivity contribution >= 4 is 11.8 Å². The summed E-state index contributed by atoms with van der Waals surface area (Å²) in [6, 6.07) is -0.179. The number of nitrogens with one attached hydrogen (secondary N) is 1. The lowest BCUT2D eigenvalue weighted by Crippen LogP contribution is -2.63. The Bertz CT molecular complexity index is 433. The van der Waals surface area contributed by atoms with E-state index in [0.717, 1.165) is 11.8 Å². The van der Waals surface area contributed by atoms with E-state index in [4.69, 9.17) is 0 Å². The van der Waals surface area contributed by atoms with Gasteiger partial charge in [0, 0.05) is 6.04 Å². The first kappa shape index (κ1) is 11.7. The molecule has 6 atom stereocenters. The molecule has 2 bridgehead atoms. The molecule has 19 heavy (non-hydrogen) atoms. The smallest absolute Gasteiger partial charge is 0.246 e. The van der Waals surface area contributed by atoms with Crippen molar-refractivity contribution in [2.45, 2.75) is 57.7 Å². The third-order valence-electron chi connectivity index (χ3n) is 6.09. The summed E-state index contributed by atoms with van der Waals surface area (Å²) in [7, 11) is 0. The maximum atomic E-state index is 12.6. The van der Waals surface area contributed by atoms with E-state index in [9.17, 15) is 9.59 Å². The van der Waals surface area contributed by atoms with Gasteiger partial charge < -0.3 is 10.2 Å². The summed E-state index contributed by atoms with van der Waals surface area (Å²) >= 11 is 0. The summed E-state index contributed by atoms with van der Waals surface area (Å²) in [6.07, 6.45) is 4.78. The first-order valence-electron chi connectivity index (χ1n) is 7.76. The highest BCUT2D eigenvalue weighted by molar-refractivity contribution is 5.97. The average molecular weight is 262 g/mol. The largest absolute Gasteiger partial charge is 0.343 e. The summed E-state index contributed by atoms with van der Waals surface area (Å²) in [6.45, 7) is 3.85. The fraction of sp³-hybridized carbons (Fsp3) is 0.867. The van der Waals surface area contributed by atoms with E-state index in [1.807, 2.05) is 18.7 Å². The van der Waals surface area contributed by atoms with Gasteiger partial charge in [0.25, 0.3) is 0 Å². The molecule has 0 aromatic heterocycles. The monoisotopic (exact) mass is 262 g/mol. The van der Waals surface area contributed by atoms with Gasteiger partial charge in [-0.3, -0.25) is 9.59 Å². The molecule has 0 spiro atoms. The van der Waals surface area contributed by atoms with Gasteiger partial charge >= 0.3 is 0 Å². The lowest BCUT2D eigenvalue weighted by Gasteiger charge is -2.38. The molecule has 1 saturated heterocycles. The summed E-state index contributed by atoms with van der Waals surface area (Å²) in [5, 5.41) is 2.85. The van der Waals surface area contributed by atoms with Crippen molar-refractivity contribution in [2.24, 2.45) is 23.7 Å². The maximum absolute atomic E-state index is 12.6. The molecule has 3 aliphatic carbocycles. The lowest BCUT2D eigenvalue weighted by atomic mass is 10.0. The predicted octanol–water partition coefficient (Wildman–Crippen LogP) is 1.16. The molecular formula is C15H22N2O2. The molecular weight excluding hydrogens is 240 g/mol. The minimum Gasteiger partial charge on any atom is -0.343 e. The predicted molar refractivity (Wildman–Crippen MR) is 70.1 cm³/mol. The minimum atomic E-state index is -0.289. The fourth-order valence-electron chi connectivity index (χ4n) is 5.18. The van der Waals surface area contributed by atoms with Crippen molar-refractivity contribution in [2.75, 3.05) is 0 Å². The number of hydrogen-bond acceptors (Lipinski definition) is 2. The summed E-state index contributed by atoms with van der Waals surface area (Å²) < 4.78 is 0. The van der Waals surface area contributed by atoms with Crippen LogP contribution in [0.5, 0.6) is 0 Å². The van der Waals surface area contributed by atoms with Crippen molar-refractivity contribution in [3.63, 3.8) is 0 Å². The van der Waals surface area contributed by atoms with Crippen LogP contribution in [0.3, 0.4) is 0 Å². The Balaban J connectivity index is 1.60. The van der Waals surface area contributed by atoms with E-state index >= 15 is 0 Å². The zero-order valence-corrected chi connectivity index (χ0v) is 11.6. The van der Waals surface area contributed by atoms with Gasteiger partial charge in [-0.1, -0.05) is 6.92 Å². The highest BCUT2D eigenvalue weighted by Crippen LogP contribution is 2.67. The molecule has 4 heteroatoms. The molecule has 0 aromatic carbocycles. The topological polar surface area (TPSA) is 49.4 Å². The first-order chi connectivity index (χ1) is 9.13. The van der Waals surface area contributed by atoms with Gasteiger partial charge in [0.15, 0.2) is 0 Å². The molecule has 1 N–H and O–H groups in total. The number of carbonyl (C=O) groups excluding carboxylic acids is 2. The van der Waals surface area contributed by atoms with Crippen LogP contribution in [0.1, 0.15) is 39.5 Å². The molecule has 0 aromatic rings. The van der Waals surface area contributed by atoms with Crippen LogP contribution in [-0.2, 0) is 9.59 Å². The van der Waals surface area contributed by atoms with Gasteiger partial charge in [0.05, 0.1) is 0 Å². The number of hydrogen-bond donors (Lipinski definition) is 1. The van der Waals surface area contributed by atoms with Crippen LogP contribution < -0.4 is 5.32 Å². The molecule has 4 rings (SSSR count). The molecule has 4 fully saturated rings. The fourth-order valence-corrected chi connectivity index (χ4v) is 5.18. The molecule has 3 saturated carbocycles. The highest BCUT2D eigenvalue weighted by Gasteiger charge is 2.68. The van der Waals surface area contributed by atoms with Gasteiger partial charge in [0.2, 0.25) is 11.8 Å². The normalized spacial score (nSPS) is 51.3. The molecule has 6 unspecified atom stereocenters. The number of fused-ring (bicyclic) bond motifs is 5. The SMILES string of the molecule is CCC1NC(=O)C(C)N(C2C3C4CCC(C4)C32)C1=O. The average Bonchev–Trinajstić information content (AvgIpc) is 2.82. The Morgan fingerprint density at radius 2 is 1.84 bits per heavy atom. The Hall–Kier alpha value is -1.06. The van der Waals surface area contributed by atoms with E-state index in [-0.39, 0.29) is 23.9 Å². The quantitative estimate of drug-likeness (QED) is 0.812. The first-order valence-corrected chi connectivity index (χ1v) is 7.76. The zero-order chi connectivity index (χ0) is 13.3. The van der Waals surface area contributed by atoms with E-state index in [1.54, 1.807) is 0 Å². The third kappa shape index (κ3) is 1.40. The molecule has 1 heterocycles. The van der Waals surface area contributed by atoms with E-state index < -0.39 is 0 Å². The number of piperazine rings is 1. The number of amides is 2. The second-order valence-corrected chi connectivity index (χ2v) is 6.87. The maximum Gasteiger partial charge on any atom is 0.246 e. The molecule has 4 nitrogen and oxygen atoms in total. The van der Waals surface area contributed by atoms with E-state index in [1.165, 1.54) is 19.3 Å². The zero-order valence-electron chi connectivity index (χ0n) is 11.6. The number of rotatable bonds is 2. The van der Waals surface area contributed by atoms with Crippen molar-refractivity contribution in [1.82, 2.24) is 10.2 Å². The van der Waals surface area contributed by atoms with Crippen LogP contribution in [0.4, 0.5) is 0 Å². The van der Waals surface area contributed by atoms with Crippen LogP contribution in [-0.4, -0.2) is 34.8 Å². The van der Waals surface area contributed by atoms with Crippen molar-refractivity contribution < 1.29 is 9.59 Å². The second kappa shape index (κ2) is 3.74. The molecule has 4 aliphatic rings. The van der Waals surface area contributed by atoms with Crippen molar-refractivity contribution in [1.29, 1.82) is 0 Å². The van der Waals surface area contributed by atoms with Gasteiger partial charge in [0.1, 0.15) is 12.1 Å². The van der Waals surface area contributed by atoms with Gasteiger partial charge in [-0.25, -0.2) is 0 Å². The molecule has 2 amide bonds. The standard InChI is InChI=1S/C15H22N2O2/c1-3-10-15(19)17(7(2)14(18)16-10)13-11-8-4-5-9(6-8)12(11)13/h7-13H,3-6H2,1-2H3,(H,16,18). The van der Waals surface area contributed by atoms with Crippen LogP contribution >= 0.6 is 0 Å². The Morgan fingerprint density at radius 3 is 2.42 bits per heavy atom. The van der Waals surface area contributed by atoms with Gasteiger partial charge in [-0.05, 0) is 56.3 Å². The Kier molecular flexibility index (Phi) is 2.31. The lowest BCUT2D eigenvalue weighted by molar-refractivity contribution is -0.150. The summed E-state index contributed by atoms with van der Waals surface area (Å²) in [4.78, 5) is 26.6. The van der Waals surface area contributed by atoms with Crippen LogP contribution in [0.15, 0.2) is 0 Å². The second-order valence-electron chi connectivity index (χ2n) is 6.87. The molecule has 0 radical (unpaired) electrons. The van der Waals surface area contributed by atoms with E-state index in [2.05, 4.69) is 5.32 Å². The van der Waals surface area contributed by atoms with Crippen molar-refractivity contribution in [3.8, 4) is 0 Å².